The van der Waals surface area contributed by atoms with Gasteiger partial charge in [0.1, 0.15) is 0 Å². The topological polar surface area (TPSA) is 50.5 Å². The lowest BCUT2D eigenvalue weighted by Crippen LogP contribution is -2.45. The summed E-state index contributed by atoms with van der Waals surface area (Å²) >= 11 is 0. The van der Waals surface area contributed by atoms with Gasteiger partial charge in [-0.1, -0.05) is 13.8 Å². The Morgan fingerprint density at radius 1 is 1.29 bits per heavy atom. The van der Waals surface area contributed by atoms with Gasteiger partial charge in [-0.05, 0) is 33.4 Å². The van der Waals surface area contributed by atoms with Crippen LogP contribution in [0, 0.1) is 0 Å². The van der Waals surface area contributed by atoms with E-state index >= 15 is 0 Å². The van der Waals surface area contributed by atoms with E-state index in [1.807, 2.05) is 0 Å². The second kappa shape index (κ2) is 8.86. The highest BCUT2D eigenvalue weighted by Crippen LogP contribution is 2.14. The monoisotopic (exact) mass is 245 g/mol. The fraction of sp³-hybridized carbons (Fsp3) is 1.00. The summed E-state index contributed by atoms with van der Waals surface area (Å²) in [5.41, 5.74) is 5.68. The van der Waals surface area contributed by atoms with Crippen molar-refractivity contribution in [3.05, 3.63) is 0 Å². The Morgan fingerprint density at radius 2 is 1.88 bits per heavy atom. The summed E-state index contributed by atoms with van der Waals surface area (Å²) in [6, 6.07) is 0.334. The van der Waals surface area contributed by atoms with Crippen LogP contribution in [0.15, 0.2) is 0 Å². The molecule has 0 fully saturated rings. The van der Waals surface area contributed by atoms with E-state index in [1.54, 1.807) is 7.11 Å². The Balaban J connectivity index is 3.90. The zero-order valence-electron chi connectivity index (χ0n) is 12.3. The molecule has 0 aromatic heterocycles. The van der Waals surface area contributed by atoms with Crippen LogP contribution in [0.2, 0.25) is 0 Å². The number of nitrogens with one attached hydrogen (secondary N) is 1. The Bertz CT molecular complexity index is 182. The molecule has 0 aromatic carbocycles. The van der Waals surface area contributed by atoms with Gasteiger partial charge in [0.25, 0.3) is 0 Å². The van der Waals surface area contributed by atoms with Crippen molar-refractivity contribution in [3.8, 4) is 0 Å². The summed E-state index contributed by atoms with van der Waals surface area (Å²) < 4.78 is 5.43. The van der Waals surface area contributed by atoms with Gasteiger partial charge in [-0.15, -0.1) is 0 Å². The van der Waals surface area contributed by atoms with Crippen LogP contribution < -0.4 is 11.1 Å². The van der Waals surface area contributed by atoms with Gasteiger partial charge in [-0.3, -0.25) is 0 Å². The molecule has 3 N–H and O–H groups in total. The number of ether oxygens (including phenoxy) is 1. The summed E-state index contributed by atoms with van der Waals surface area (Å²) in [6.45, 7) is 13.5. The molecule has 104 valence electrons. The first kappa shape index (κ1) is 16.8. The van der Waals surface area contributed by atoms with Crippen molar-refractivity contribution in [1.29, 1.82) is 0 Å². The van der Waals surface area contributed by atoms with Crippen LogP contribution in [0.4, 0.5) is 0 Å². The molecule has 0 radical (unpaired) electrons. The highest BCUT2D eigenvalue weighted by atomic mass is 16.5. The first-order chi connectivity index (χ1) is 7.99. The second-order valence-electron chi connectivity index (χ2n) is 5.08. The summed E-state index contributed by atoms with van der Waals surface area (Å²) in [4.78, 5) is 2.40. The molecular formula is C13H31N3O. The highest BCUT2D eigenvalue weighted by molar-refractivity contribution is 4.79. The van der Waals surface area contributed by atoms with Crippen LogP contribution in [0.25, 0.3) is 0 Å². The minimum atomic E-state index is -0.105. The molecule has 1 unspecified atom stereocenters. The number of nitrogens with zero attached hydrogens (tertiary/aromatic N) is 1. The van der Waals surface area contributed by atoms with Crippen molar-refractivity contribution < 1.29 is 4.74 Å². The van der Waals surface area contributed by atoms with Crippen molar-refractivity contribution in [2.75, 3.05) is 39.8 Å². The van der Waals surface area contributed by atoms with E-state index < -0.39 is 0 Å². The molecule has 4 heteroatoms. The van der Waals surface area contributed by atoms with Crippen LogP contribution in [0.5, 0.6) is 0 Å². The van der Waals surface area contributed by atoms with Crippen LogP contribution >= 0.6 is 0 Å². The molecule has 0 aliphatic rings. The predicted octanol–water partition coefficient (Wildman–Crippen LogP) is 1.06. The van der Waals surface area contributed by atoms with Gasteiger partial charge in [0.15, 0.2) is 0 Å². The smallest absolute Gasteiger partial charge is 0.0638 e. The maximum Gasteiger partial charge on any atom is 0.0638 e. The number of nitrogens with two attached hydrogens (primary N) is 1. The van der Waals surface area contributed by atoms with E-state index in [1.165, 1.54) is 0 Å². The van der Waals surface area contributed by atoms with Gasteiger partial charge in [0, 0.05) is 32.8 Å². The molecule has 0 rings (SSSR count). The minimum absolute atomic E-state index is 0.105. The summed E-state index contributed by atoms with van der Waals surface area (Å²) in [5, 5.41) is 3.51. The molecule has 0 aliphatic carbocycles. The lowest BCUT2D eigenvalue weighted by atomic mass is 9.99. The summed E-state index contributed by atoms with van der Waals surface area (Å²) in [7, 11) is 1.75. The maximum absolute atomic E-state index is 5.78. The molecule has 0 aliphatic heterocycles. The van der Waals surface area contributed by atoms with E-state index in [0.29, 0.717) is 12.6 Å². The number of methoxy groups -OCH3 is 1. The highest BCUT2D eigenvalue weighted by Gasteiger charge is 2.21. The van der Waals surface area contributed by atoms with Gasteiger partial charge in [-0.25, -0.2) is 0 Å². The van der Waals surface area contributed by atoms with Gasteiger partial charge in [-0.2, -0.15) is 0 Å². The Labute approximate surface area is 107 Å². The average Bonchev–Trinajstić information content (AvgIpc) is 2.33. The Kier molecular flexibility index (Phi) is 8.78. The van der Waals surface area contributed by atoms with E-state index in [-0.39, 0.29) is 5.60 Å². The third-order valence-electron chi connectivity index (χ3n) is 3.33. The van der Waals surface area contributed by atoms with E-state index in [9.17, 15) is 0 Å². The van der Waals surface area contributed by atoms with Crippen LogP contribution in [0.3, 0.4) is 0 Å². The molecule has 1 atom stereocenters. The number of rotatable bonds is 10. The summed E-state index contributed by atoms with van der Waals surface area (Å²) in [5.74, 6) is 0. The third-order valence-corrected chi connectivity index (χ3v) is 3.33. The fourth-order valence-electron chi connectivity index (χ4n) is 1.88. The standard InChI is InChI=1S/C13H31N3O/c1-6-16(7-2)9-8-15-12(11-14)10-13(3,4)17-5/h12,15H,6-11,14H2,1-5H3. The average molecular weight is 245 g/mol. The van der Waals surface area contributed by atoms with Crippen molar-refractivity contribution >= 4 is 0 Å². The second-order valence-corrected chi connectivity index (χ2v) is 5.08. The van der Waals surface area contributed by atoms with Gasteiger partial charge in [0.05, 0.1) is 5.60 Å². The van der Waals surface area contributed by atoms with Crippen LogP contribution in [0.1, 0.15) is 34.1 Å². The first-order valence-corrected chi connectivity index (χ1v) is 6.70. The molecule has 0 saturated carbocycles. The Morgan fingerprint density at radius 3 is 2.29 bits per heavy atom. The zero-order chi connectivity index (χ0) is 13.3. The molecular weight excluding hydrogens is 214 g/mol. The Hall–Kier alpha value is -0.160. The number of hydrogen-bond acceptors (Lipinski definition) is 4. The van der Waals surface area contributed by atoms with Gasteiger partial charge >= 0.3 is 0 Å². The molecule has 0 bridgehead atoms. The lowest BCUT2D eigenvalue weighted by molar-refractivity contribution is 0.00766. The minimum Gasteiger partial charge on any atom is -0.379 e. The van der Waals surface area contributed by atoms with Gasteiger partial charge < -0.3 is 20.7 Å². The van der Waals surface area contributed by atoms with Crippen molar-refractivity contribution in [2.45, 2.75) is 45.8 Å². The van der Waals surface area contributed by atoms with Crippen LogP contribution in [-0.2, 0) is 4.74 Å². The molecule has 0 spiro atoms. The molecule has 17 heavy (non-hydrogen) atoms. The lowest BCUT2D eigenvalue weighted by Gasteiger charge is -2.29. The molecule has 4 nitrogen and oxygen atoms in total. The van der Waals surface area contributed by atoms with Crippen LogP contribution in [-0.4, -0.2) is 56.4 Å². The molecule has 0 saturated heterocycles. The zero-order valence-corrected chi connectivity index (χ0v) is 12.3. The number of likely N-dealkylation sites (N-methyl/N-ethyl adjacent to an activating group) is 1. The number of hydrogen-bond donors (Lipinski definition) is 2. The SMILES string of the molecule is CCN(CC)CCNC(CN)CC(C)(C)OC. The van der Waals surface area contributed by atoms with Crippen molar-refractivity contribution in [2.24, 2.45) is 5.73 Å². The first-order valence-electron chi connectivity index (χ1n) is 6.70. The fourth-order valence-corrected chi connectivity index (χ4v) is 1.88. The van der Waals surface area contributed by atoms with E-state index in [4.69, 9.17) is 10.5 Å². The van der Waals surface area contributed by atoms with Crippen molar-refractivity contribution in [1.82, 2.24) is 10.2 Å². The maximum atomic E-state index is 5.78. The predicted molar refractivity (Wildman–Crippen MR) is 74.3 cm³/mol. The summed E-state index contributed by atoms with van der Waals surface area (Å²) in [6.07, 6.45) is 0.943. The van der Waals surface area contributed by atoms with Crippen molar-refractivity contribution in [3.63, 3.8) is 0 Å². The molecule has 0 heterocycles. The normalized spacial score (nSPS) is 14.3. The van der Waals surface area contributed by atoms with Gasteiger partial charge in [0.2, 0.25) is 0 Å². The van der Waals surface area contributed by atoms with E-state index in [2.05, 4.69) is 37.9 Å². The largest absolute Gasteiger partial charge is 0.379 e. The van der Waals surface area contributed by atoms with E-state index in [0.717, 1.165) is 32.6 Å². The third kappa shape index (κ3) is 7.71. The molecule has 0 amide bonds. The molecule has 0 aromatic rings. The quantitative estimate of drug-likeness (QED) is 0.604.